The Bertz CT molecular complexity index is 520. The second-order valence-electron chi connectivity index (χ2n) is 4.54. The lowest BCUT2D eigenvalue weighted by molar-refractivity contribution is 0.554. The molecular weight excluding hydrogens is 246 g/mol. The SMILES string of the molecule is Cc1cnn(CCNCc2ccc(C)c(Cl)c2)c1. The van der Waals surface area contributed by atoms with Crippen molar-refractivity contribution < 1.29 is 0 Å². The van der Waals surface area contributed by atoms with Crippen LogP contribution in [-0.4, -0.2) is 16.3 Å². The van der Waals surface area contributed by atoms with Gasteiger partial charge in [0.1, 0.15) is 0 Å². The summed E-state index contributed by atoms with van der Waals surface area (Å²) in [7, 11) is 0. The molecule has 0 aliphatic rings. The van der Waals surface area contributed by atoms with Crippen molar-refractivity contribution >= 4 is 11.6 Å². The van der Waals surface area contributed by atoms with Crippen LogP contribution in [0.4, 0.5) is 0 Å². The van der Waals surface area contributed by atoms with Crippen LogP contribution in [0, 0.1) is 13.8 Å². The van der Waals surface area contributed by atoms with Gasteiger partial charge in [-0.15, -0.1) is 0 Å². The number of nitrogens with zero attached hydrogens (tertiary/aromatic N) is 2. The Labute approximate surface area is 113 Å². The van der Waals surface area contributed by atoms with Gasteiger partial charge in [-0.25, -0.2) is 0 Å². The van der Waals surface area contributed by atoms with Crippen LogP contribution in [0.1, 0.15) is 16.7 Å². The second kappa shape index (κ2) is 6.03. The first kappa shape index (κ1) is 13.1. The van der Waals surface area contributed by atoms with E-state index in [2.05, 4.69) is 22.5 Å². The Morgan fingerprint density at radius 2 is 2.17 bits per heavy atom. The molecule has 0 aliphatic heterocycles. The molecule has 2 rings (SSSR count). The minimum absolute atomic E-state index is 0.831. The molecule has 0 saturated heterocycles. The number of hydrogen-bond acceptors (Lipinski definition) is 2. The van der Waals surface area contributed by atoms with Gasteiger partial charge >= 0.3 is 0 Å². The summed E-state index contributed by atoms with van der Waals surface area (Å²) in [5, 5.41) is 8.46. The average molecular weight is 264 g/mol. The van der Waals surface area contributed by atoms with Crippen molar-refractivity contribution in [2.75, 3.05) is 6.54 Å². The first-order valence-electron chi connectivity index (χ1n) is 6.10. The smallest absolute Gasteiger partial charge is 0.0534 e. The first-order valence-corrected chi connectivity index (χ1v) is 6.48. The van der Waals surface area contributed by atoms with Gasteiger partial charge in [-0.1, -0.05) is 23.7 Å². The summed E-state index contributed by atoms with van der Waals surface area (Å²) >= 11 is 6.08. The van der Waals surface area contributed by atoms with E-state index in [4.69, 9.17) is 11.6 Å². The molecule has 1 aromatic carbocycles. The minimum Gasteiger partial charge on any atom is -0.311 e. The highest BCUT2D eigenvalue weighted by atomic mass is 35.5. The van der Waals surface area contributed by atoms with Gasteiger partial charge < -0.3 is 5.32 Å². The van der Waals surface area contributed by atoms with Crippen molar-refractivity contribution in [3.8, 4) is 0 Å². The predicted octanol–water partition coefficient (Wildman–Crippen LogP) is 2.94. The number of halogens is 1. The third-order valence-corrected chi connectivity index (χ3v) is 3.25. The van der Waals surface area contributed by atoms with Crippen LogP contribution >= 0.6 is 11.6 Å². The van der Waals surface area contributed by atoms with E-state index in [0.29, 0.717) is 0 Å². The monoisotopic (exact) mass is 263 g/mol. The van der Waals surface area contributed by atoms with E-state index >= 15 is 0 Å². The van der Waals surface area contributed by atoms with E-state index in [0.717, 1.165) is 30.2 Å². The van der Waals surface area contributed by atoms with Crippen molar-refractivity contribution in [3.05, 3.63) is 52.3 Å². The van der Waals surface area contributed by atoms with Crippen LogP contribution < -0.4 is 5.32 Å². The molecule has 0 aliphatic carbocycles. The highest BCUT2D eigenvalue weighted by Gasteiger charge is 1.98. The normalized spacial score (nSPS) is 10.8. The van der Waals surface area contributed by atoms with E-state index in [-0.39, 0.29) is 0 Å². The van der Waals surface area contributed by atoms with Crippen LogP contribution in [0.15, 0.2) is 30.6 Å². The lowest BCUT2D eigenvalue weighted by Gasteiger charge is -2.06. The Morgan fingerprint density at radius 3 is 2.83 bits per heavy atom. The summed E-state index contributed by atoms with van der Waals surface area (Å²) in [5.41, 5.74) is 3.52. The van der Waals surface area contributed by atoms with Crippen molar-refractivity contribution in [2.45, 2.75) is 26.9 Å². The van der Waals surface area contributed by atoms with Crippen molar-refractivity contribution in [1.82, 2.24) is 15.1 Å². The molecule has 0 radical (unpaired) electrons. The third-order valence-electron chi connectivity index (χ3n) is 2.85. The molecule has 4 heteroatoms. The van der Waals surface area contributed by atoms with Gasteiger partial charge in [0, 0.05) is 24.3 Å². The molecule has 0 bridgehead atoms. The molecule has 0 fully saturated rings. The summed E-state index contributed by atoms with van der Waals surface area (Å²) in [6.45, 7) is 6.67. The van der Waals surface area contributed by atoms with E-state index in [1.165, 1.54) is 11.1 Å². The molecule has 2 aromatic rings. The lowest BCUT2D eigenvalue weighted by Crippen LogP contribution is -2.19. The van der Waals surface area contributed by atoms with Crippen LogP contribution in [-0.2, 0) is 13.1 Å². The predicted molar refractivity (Wildman–Crippen MR) is 74.9 cm³/mol. The number of nitrogens with one attached hydrogen (secondary N) is 1. The Hall–Kier alpha value is -1.32. The number of rotatable bonds is 5. The van der Waals surface area contributed by atoms with Crippen LogP contribution in [0.2, 0.25) is 5.02 Å². The fourth-order valence-corrected chi connectivity index (χ4v) is 1.97. The molecule has 0 atom stereocenters. The molecule has 1 aromatic heterocycles. The quantitative estimate of drug-likeness (QED) is 0.841. The highest BCUT2D eigenvalue weighted by molar-refractivity contribution is 6.31. The Kier molecular flexibility index (Phi) is 4.39. The standard InChI is InChI=1S/C14H18ClN3/c1-11-8-17-18(10-11)6-5-16-9-13-4-3-12(2)14(15)7-13/h3-4,7-8,10,16H,5-6,9H2,1-2H3. The average Bonchev–Trinajstić information content (AvgIpc) is 2.75. The maximum absolute atomic E-state index is 6.08. The molecule has 18 heavy (non-hydrogen) atoms. The second-order valence-corrected chi connectivity index (χ2v) is 4.95. The number of hydrogen-bond donors (Lipinski definition) is 1. The fraction of sp³-hybridized carbons (Fsp3) is 0.357. The van der Waals surface area contributed by atoms with Crippen LogP contribution in [0.25, 0.3) is 0 Å². The van der Waals surface area contributed by atoms with Crippen molar-refractivity contribution in [1.29, 1.82) is 0 Å². The molecule has 1 heterocycles. The molecule has 1 N–H and O–H groups in total. The molecule has 0 spiro atoms. The van der Waals surface area contributed by atoms with Gasteiger partial charge in [0.25, 0.3) is 0 Å². The van der Waals surface area contributed by atoms with E-state index in [1.807, 2.05) is 37.0 Å². The summed E-state index contributed by atoms with van der Waals surface area (Å²) < 4.78 is 1.95. The minimum atomic E-state index is 0.831. The fourth-order valence-electron chi connectivity index (χ4n) is 1.76. The van der Waals surface area contributed by atoms with E-state index < -0.39 is 0 Å². The Balaban J connectivity index is 1.76. The molecule has 0 saturated carbocycles. The molecule has 0 amide bonds. The van der Waals surface area contributed by atoms with Crippen LogP contribution in [0.5, 0.6) is 0 Å². The van der Waals surface area contributed by atoms with Gasteiger partial charge in [0.05, 0.1) is 12.7 Å². The zero-order valence-electron chi connectivity index (χ0n) is 10.8. The summed E-state index contributed by atoms with van der Waals surface area (Å²) in [6, 6.07) is 6.17. The van der Waals surface area contributed by atoms with E-state index in [9.17, 15) is 0 Å². The van der Waals surface area contributed by atoms with Crippen molar-refractivity contribution in [2.24, 2.45) is 0 Å². The van der Waals surface area contributed by atoms with E-state index in [1.54, 1.807) is 0 Å². The largest absolute Gasteiger partial charge is 0.311 e. The molecule has 96 valence electrons. The molecule has 0 unspecified atom stereocenters. The lowest BCUT2D eigenvalue weighted by atomic mass is 10.1. The van der Waals surface area contributed by atoms with Crippen LogP contribution in [0.3, 0.4) is 0 Å². The summed E-state index contributed by atoms with van der Waals surface area (Å²) in [4.78, 5) is 0. The van der Waals surface area contributed by atoms with Crippen molar-refractivity contribution in [3.63, 3.8) is 0 Å². The van der Waals surface area contributed by atoms with Gasteiger partial charge in [-0.05, 0) is 36.6 Å². The van der Waals surface area contributed by atoms with Gasteiger partial charge in [0.2, 0.25) is 0 Å². The maximum atomic E-state index is 6.08. The molecule has 3 nitrogen and oxygen atoms in total. The maximum Gasteiger partial charge on any atom is 0.0534 e. The van der Waals surface area contributed by atoms with Gasteiger partial charge in [-0.2, -0.15) is 5.10 Å². The summed E-state index contributed by atoms with van der Waals surface area (Å²) in [6.07, 6.45) is 3.92. The summed E-state index contributed by atoms with van der Waals surface area (Å²) in [5.74, 6) is 0. The topological polar surface area (TPSA) is 29.9 Å². The highest BCUT2D eigenvalue weighted by Crippen LogP contribution is 2.16. The zero-order valence-corrected chi connectivity index (χ0v) is 11.5. The molecular formula is C14H18ClN3. The zero-order chi connectivity index (χ0) is 13.0. The Morgan fingerprint density at radius 1 is 1.33 bits per heavy atom. The van der Waals surface area contributed by atoms with Gasteiger partial charge in [-0.3, -0.25) is 4.68 Å². The number of aromatic nitrogens is 2. The third kappa shape index (κ3) is 3.59. The number of benzene rings is 1. The number of aryl methyl sites for hydroxylation is 2. The van der Waals surface area contributed by atoms with Gasteiger partial charge in [0.15, 0.2) is 0 Å². The first-order chi connectivity index (χ1) is 8.65.